The predicted octanol–water partition coefficient (Wildman–Crippen LogP) is 4.70. The minimum atomic E-state index is -0.471. The molecule has 5 nitrogen and oxygen atoms in total. The average molecular weight is 410 g/mol. The van der Waals surface area contributed by atoms with E-state index in [-0.39, 0.29) is 11.5 Å². The van der Waals surface area contributed by atoms with Gasteiger partial charge in [0.2, 0.25) is 5.91 Å². The van der Waals surface area contributed by atoms with Gasteiger partial charge < -0.3 is 10.6 Å². The Morgan fingerprint density at radius 1 is 0.742 bits per heavy atom. The van der Waals surface area contributed by atoms with Crippen molar-refractivity contribution in [2.45, 2.75) is 6.92 Å². The molecule has 2 amide bonds. The van der Waals surface area contributed by atoms with Crippen molar-refractivity contribution in [3.05, 3.63) is 113 Å². The summed E-state index contributed by atoms with van der Waals surface area (Å²) < 4.78 is 0. The predicted molar refractivity (Wildman–Crippen MR) is 123 cm³/mol. The van der Waals surface area contributed by atoms with Crippen molar-refractivity contribution in [1.82, 2.24) is 5.32 Å². The van der Waals surface area contributed by atoms with Gasteiger partial charge >= 0.3 is 0 Å². The smallest absolute Gasteiger partial charge is 0.272 e. The van der Waals surface area contributed by atoms with E-state index in [1.54, 1.807) is 36.4 Å². The zero-order valence-electron chi connectivity index (χ0n) is 17.0. The number of hydrogen-bond donors (Lipinski definition) is 2. The zero-order chi connectivity index (χ0) is 22.1. The number of ketones is 1. The minimum Gasteiger partial charge on any atom is -0.321 e. The number of amides is 2. The van der Waals surface area contributed by atoms with Gasteiger partial charge in [0.25, 0.3) is 5.91 Å². The first-order chi connectivity index (χ1) is 15.0. The highest BCUT2D eigenvalue weighted by molar-refractivity contribution is 6.10. The lowest BCUT2D eigenvalue weighted by Crippen LogP contribution is -2.29. The first kappa shape index (κ1) is 21.5. The molecule has 0 aliphatic rings. The highest BCUT2D eigenvalue weighted by atomic mass is 16.2. The summed E-state index contributed by atoms with van der Waals surface area (Å²) in [5.74, 6) is -0.950. The molecular weight excluding hydrogens is 388 g/mol. The second-order valence-corrected chi connectivity index (χ2v) is 6.79. The summed E-state index contributed by atoms with van der Waals surface area (Å²) >= 11 is 0. The van der Waals surface area contributed by atoms with Crippen LogP contribution in [0.1, 0.15) is 28.4 Å². The van der Waals surface area contributed by atoms with Crippen LogP contribution in [-0.2, 0) is 9.59 Å². The standard InChI is InChI=1S/C26H22N2O3/c1-19(29)22-13-15-23(16-14-22)27-26(31)24(18-21-10-6-3-7-11-21)28-25(30)17-12-20-8-4-2-5-9-20/h2-18H,1H3,(H,27,31)(H,28,30). The van der Waals surface area contributed by atoms with Crippen LogP contribution in [0.2, 0.25) is 0 Å². The van der Waals surface area contributed by atoms with Crippen molar-refractivity contribution in [3.63, 3.8) is 0 Å². The van der Waals surface area contributed by atoms with Crippen molar-refractivity contribution in [2.75, 3.05) is 5.32 Å². The van der Waals surface area contributed by atoms with Gasteiger partial charge in [-0.3, -0.25) is 14.4 Å². The van der Waals surface area contributed by atoms with Crippen molar-refractivity contribution >= 4 is 35.4 Å². The Morgan fingerprint density at radius 2 is 1.32 bits per heavy atom. The number of anilines is 1. The van der Waals surface area contributed by atoms with Gasteiger partial charge in [-0.15, -0.1) is 0 Å². The Hall–Kier alpha value is -4.25. The summed E-state index contributed by atoms with van der Waals surface area (Å²) in [6.07, 6.45) is 4.66. The van der Waals surface area contributed by atoms with Crippen LogP contribution in [0.3, 0.4) is 0 Å². The lowest BCUT2D eigenvalue weighted by molar-refractivity contribution is -0.118. The van der Waals surface area contributed by atoms with E-state index in [1.807, 2.05) is 60.7 Å². The number of rotatable bonds is 7. The van der Waals surface area contributed by atoms with Gasteiger partial charge in [0.15, 0.2) is 5.78 Å². The third kappa shape index (κ3) is 6.65. The molecule has 0 aliphatic heterocycles. The second-order valence-electron chi connectivity index (χ2n) is 6.79. The van der Waals surface area contributed by atoms with E-state index >= 15 is 0 Å². The summed E-state index contributed by atoms with van der Waals surface area (Å²) in [5, 5.41) is 5.40. The molecule has 0 unspecified atom stereocenters. The number of benzene rings is 3. The monoisotopic (exact) mass is 410 g/mol. The van der Waals surface area contributed by atoms with Gasteiger partial charge in [0.1, 0.15) is 5.70 Å². The molecule has 0 spiro atoms. The summed E-state index contributed by atoms with van der Waals surface area (Å²) in [4.78, 5) is 36.7. The fourth-order valence-electron chi connectivity index (χ4n) is 2.77. The fraction of sp³-hybridized carbons (Fsp3) is 0.0385. The molecule has 0 atom stereocenters. The molecule has 0 radical (unpaired) electrons. The summed E-state index contributed by atoms with van der Waals surface area (Å²) in [7, 11) is 0. The maximum absolute atomic E-state index is 12.9. The Labute approximate surface area is 181 Å². The molecule has 31 heavy (non-hydrogen) atoms. The molecular formula is C26H22N2O3. The van der Waals surface area contributed by atoms with Crippen LogP contribution in [0.25, 0.3) is 12.2 Å². The number of Topliss-reactive ketones (excluding diaryl/α,β-unsaturated/α-hetero) is 1. The number of hydrogen-bond acceptors (Lipinski definition) is 3. The second kappa shape index (κ2) is 10.5. The average Bonchev–Trinajstić information content (AvgIpc) is 2.79. The lowest BCUT2D eigenvalue weighted by Gasteiger charge is -2.10. The van der Waals surface area contributed by atoms with Gasteiger partial charge in [-0.05, 0) is 54.5 Å². The normalized spacial score (nSPS) is 11.2. The molecule has 0 bridgehead atoms. The van der Waals surface area contributed by atoms with Gasteiger partial charge in [0, 0.05) is 17.3 Å². The van der Waals surface area contributed by atoms with Crippen LogP contribution in [0.4, 0.5) is 5.69 Å². The summed E-state index contributed by atoms with van der Waals surface area (Å²) in [6.45, 7) is 1.48. The molecule has 0 saturated heterocycles. The minimum absolute atomic E-state index is 0.0556. The number of carbonyl (C=O) groups is 3. The van der Waals surface area contributed by atoms with Crippen molar-refractivity contribution in [1.29, 1.82) is 0 Å². The fourth-order valence-corrected chi connectivity index (χ4v) is 2.77. The summed E-state index contributed by atoms with van der Waals surface area (Å²) in [6, 6.07) is 25.2. The van der Waals surface area contributed by atoms with Gasteiger partial charge in [-0.1, -0.05) is 60.7 Å². The molecule has 3 aromatic rings. The van der Waals surface area contributed by atoms with Gasteiger partial charge in [-0.25, -0.2) is 0 Å². The molecule has 0 aromatic heterocycles. The molecule has 0 fully saturated rings. The van der Waals surface area contributed by atoms with Crippen molar-refractivity contribution in [3.8, 4) is 0 Å². The molecule has 2 N–H and O–H groups in total. The molecule has 0 aliphatic carbocycles. The van der Waals surface area contributed by atoms with Crippen molar-refractivity contribution in [2.24, 2.45) is 0 Å². The van der Waals surface area contributed by atoms with Crippen LogP contribution < -0.4 is 10.6 Å². The Kier molecular flexibility index (Phi) is 7.27. The van der Waals surface area contributed by atoms with E-state index in [0.717, 1.165) is 11.1 Å². The SMILES string of the molecule is CC(=O)c1ccc(NC(=O)C(=Cc2ccccc2)NC(=O)C=Cc2ccccc2)cc1. The number of carbonyl (C=O) groups excluding carboxylic acids is 3. The third-order valence-electron chi connectivity index (χ3n) is 4.39. The quantitative estimate of drug-likeness (QED) is 0.438. The number of nitrogens with one attached hydrogen (secondary N) is 2. The molecule has 0 saturated carbocycles. The van der Waals surface area contributed by atoms with Crippen LogP contribution in [0, 0.1) is 0 Å². The molecule has 3 aromatic carbocycles. The van der Waals surface area contributed by atoms with E-state index in [4.69, 9.17) is 0 Å². The molecule has 154 valence electrons. The molecule has 3 rings (SSSR count). The molecule has 5 heteroatoms. The maximum atomic E-state index is 12.9. The highest BCUT2D eigenvalue weighted by Crippen LogP contribution is 2.13. The Bertz CT molecular complexity index is 1120. The third-order valence-corrected chi connectivity index (χ3v) is 4.39. The van der Waals surface area contributed by atoms with E-state index in [0.29, 0.717) is 11.3 Å². The Morgan fingerprint density at radius 3 is 1.90 bits per heavy atom. The highest BCUT2D eigenvalue weighted by Gasteiger charge is 2.13. The van der Waals surface area contributed by atoms with E-state index < -0.39 is 11.8 Å². The van der Waals surface area contributed by atoms with Gasteiger partial charge in [-0.2, -0.15) is 0 Å². The van der Waals surface area contributed by atoms with Crippen molar-refractivity contribution < 1.29 is 14.4 Å². The first-order valence-electron chi connectivity index (χ1n) is 9.74. The zero-order valence-corrected chi connectivity index (χ0v) is 17.0. The van der Waals surface area contributed by atoms with E-state index in [9.17, 15) is 14.4 Å². The van der Waals surface area contributed by atoms with Gasteiger partial charge in [0.05, 0.1) is 0 Å². The van der Waals surface area contributed by atoms with Crippen LogP contribution in [0.15, 0.2) is 96.7 Å². The van der Waals surface area contributed by atoms with Crippen LogP contribution in [-0.4, -0.2) is 17.6 Å². The lowest BCUT2D eigenvalue weighted by atomic mass is 10.1. The maximum Gasteiger partial charge on any atom is 0.272 e. The largest absolute Gasteiger partial charge is 0.321 e. The van der Waals surface area contributed by atoms with E-state index in [1.165, 1.54) is 13.0 Å². The first-order valence-corrected chi connectivity index (χ1v) is 9.74. The Balaban J connectivity index is 1.78. The van der Waals surface area contributed by atoms with Crippen LogP contribution >= 0.6 is 0 Å². The summed E-state index contributed by atoms with van der Waals surface area (Å²) in [5.41, 5.74) is 2.82. The molecule has 0 heterocycles. The van der Waals surface area contributed by atoms with E-state index in [2.05, 4.69) is 10.6 Å². The topological polar surface area (TPSA) is 75.3 Å². The van der Waals surface area contributed by atoms with Crippen LogP contribution in [0.5, 0.6) is 0 Å².